The molecule has 0 spiro atoms. The van der Waals surface area contributed by atoms with Crippen LogP contribution in [0.2, 0.25) is 0 Å². The third-order valence-corrected chi connectivity index (χ3v) is 4.96. The lowest BCUT2D eigenvalue weighted by Gasteiger charge is -2.35. The first-order valence-corrected chi connectivity index (χ1v) is 7.93. The number of carbonyl (C=O) groups excluding carboxylic acids is 1. The Morgan fingerprint density at radius 3 is 2.60 bits per heavy atom. The topological polar surface area (TPSA) is 56.1 Å². The van der Waals surface area contributed by atoms with E-state index in [1.54, 1.807) is 11.8 Å². The number of carbonyl (C=O) groups is 1. The monoisotopic (exact) mass is 289 g/mol. The molecule has 5 heteroatoms. The molecule has 2 rings (SSSR count). The van der Waals surface area contributed by atoms with Gasteiger partial charge < -0.3 is 5.32 Å². The Morgan fingerprint density at radius 2 is 2.05 bits per heavy atom. The minimum Gasteiger partial charge on any atom is -0.325 e. The second-order valence-corrected chi connectivity index (χ2v) is 6.19. The number of nitrogens with zero attached hydrogens (tertiary/aromatic N) is 2. The van der Waals surface area contributed by atoms with Crippen LogP contribution in [0.1, 0.15) is 12.8 Å². The molecule has 1 amide bonds. The van der Waals surface area contributed by atoms with Crippen LogP contribution in [0.5, 0.6) is 0 Å². The largest absolute Gasteiger partial charge is 0.325 e. The summed E-state index contributed by atoms with van der Waals surface area (Å²) in [6.45, 7) is 2.00. The number of para-hydroxylation sites is 1. The number of amides is 1. The van der Waals surface area contributed by atoms with Gasteiger partial charge in [0.2, 0.25) is 5.91 Å². The number of nitrogens with one attached hydrogen (secondary N) is 1. The summed E-state index contributed by atoms with van der Waals surface area (Å²) in [6, 6.07) is 11.9. The number of hydrogen-bond donors (Lipinski definition) is 1. The molecule has 0 bridgehead atoms. The molecule has 1 aliphatic rings. The molecule has 1 fully saturated rings. The number of hydrogen-bond acceptors (Lipinski definition) is 4. The molecule has 0 unspecified atom stereocenters. The van der Waals surface area contributed by atoms with Gasteiger partial charge in [-0.25, -0.2) is 0 Å². The van der Waals surface area contributed by atoms with Crippen LogP contribution in [0.3, 0.4) is 0 Å². The van der Waals surface area contributed by atoms with Gasteiger partial charge in [0, 0.05) is 18.8 Å². The van der Waals surface area contributed by atoms with Gasteiger partial charge in [-0.3, -0.25) is 9.69 Å². The number of thioether (sulfide) groups is 1. The van der Waals surface area contributed by atoms with Crippen LogP contribution in [-0.4, -0.2) is 41.4 Å². The van der Waals surface area contributed by atoms with Gasteiger partial charge in [0.05, 0.1) is 12.6 Å². The van der Waals surface area contributed by atoms with Crippen LogP contribution in [0, 0.1) is 11.3 Å². The highest BCUT2D eigenvalue weighted by Gasteiger charge is 2.34. The van der Waals surface area contributed by atoms with Crippen LogP contribution >= 0.6 is 11.8 Å². The second kappa shape index (κ2) is 6.78. The summed E-state index contributed by atoms with van der Waals surface area (Å²) in [7, 11) is 0. The minimum atomic E-state index is -0.258. The molecule has 4 nitrogen and oxygen atoms in total. The molecular formula is C15H19N3OS. The van der Waals surface area contributed by atoms with E-state index in [0.29, 0.717) is 6.54 Å². The molecule has 0 aliphatic carbocycles. The second-order valence-electron chi connectivity index (χ2n) is 5.00. The van der Waals surface area contributed by atoms with Gasteiger partial charge in [0.1, 0.15) is 4.75 Å². The zero-order chi connectivity index (χ0) is 14.4. The van der Waals surface area contributed by atoms with Crippen LogP contribution in [0.25, 0.3) is 0 Å². The smallest absolute Gasteiger partial charge is 0.238 e. The van der Waals surface area contributed by atoms with Crippen molar-refractivity contribution in [2.24, 2.45) is 0 Å². The maximum Gasteiger partial charge on any atom is 0.238 e. The molecule has 1 aromatic carbocycles. The number of likely N-dealkylation sites (tertiary alicyclic amines) is 1. The Bertz CT molecular complexity index is 490. The highest BCUT2D eigenvalue weighted by molar-refractivity contribution is 8.00. The predicted molar refractivity (Wildman–Crippen MR) is 82.6 cm³/mol. The van der Waals surface area contributed by atoms with E-state index in [-0.39, 0.29) is 10.7 Å². The summed E-state index contributed by atoms with van der Waals surface area (Å²) in [4.78, 5) is 14.1. The molecule has 20 heavy (non-hydrogen) atoms. The van der Waals surface area contributed by atoms with Gasteiger partial charge in [-0.2, -0.15) is 5.26 Å². The zero-order valence-corrected chi connectivity index (χ0v) is 12.4. The van der Waals surface area contributed by atoms with Crippen molar-refractivity contribution in [2.75, 3.05) is 31.2 Å². The Kier molecular flexibility index (Phi) is 5.05. The summed E-state index contributed by atoms with van der Waals surface area (Å²) in [5.41, 5.74) is 0.824. The van der Waals surface area contributed by atoms with Gasteiger partial charge in [-0.05, 0) is 31.2 Å². The standard InChI is InChI=1S/C15H19N3OS/c1-20-15(12-16)7-9-18(10-8-15)11-14(19)17-13-5-3-2-4-6-13/h2-6H,7-11H2,1H3,(H,17,19). The molecule has 106 valence electrons. The van der Waals surface area contributed by atoms with E-state index in [0.717, 1.165) is 31.6 Å². The minimum absolute atomic E-state index is 0.00445. The molecule has 1 N–H and O–H groups in total. The molecule has 1 heterocycles. The average molecular weight is 289 g/mol. The third kappa shape index (κ3) is 3.75. The molecule has 1 saturated heterocycles. The highest BCUT2D eigenvalue weighted by Crippen LogP contribution is 2.33. The normalized spacial score (nSPS) is 18.2. The number of benzene rings is 1. The highest BCUT2D eigenvalue weighted by atomic mass is 32.2. The summed E-state index contributed by atoms with van der Waals surface area (Å²) in [5, 5.41) is 12.1. The fraction of sp³-hybridized carbons (Fsp3) is 0.467. The lowest BCUT2D eigenvalue weighted by molar-refractivity contribution is -0.117. The van der Waals surface area contributed by atoms with Crippen molar-refractivity contribution < 1.29 is 4.79 Å². The van der Waals surface area contributed by atoms with Gasteiger partial charge in [0.15, 0.2) is 0 Å². The van der Waals surface area contributed by atoms with Crippen molar-refractivity contribution in [1.29, 1.82) is 5.26 Å². The van der Waals surface area contributed by atoms with E-state index in [1.807, 2.05) is 36.6 Å². The van der Waals surface area contributed by atoms with Crippen molar-refractivity contribution in [1.82, 2.24) is 4.90 Å². The Hall–Kier alpha value is -1.51. The van der Waals surface area contributed by atoms with Crippen molar-refractivity contribution in [3.8, 4) is 6.07 Å². The molecule has 0 aromatic heterocycles. The number of piperidine rings is 1. The summed E-state index contributed by atoms with van der Waals surface area (Å²) in [6.07, 6.45) is 3.63. The quantitative estimate of drug-likeness (QED) is 0.924. The maximum atomic E-state index is 12.0. The molecule has 0 atom stereocenters. The average Bonchev–Trinajstić information content (AvgIpc) is 2.49. The first-order chi connectivity index (χ1) is 9.67. The molecule has 0 radical (unpaired) electrons. The SMILES string of the molecule is CSC1(C#N)CCN(CC(=O)Nc2ccccc2)CC1. The molecule has 1 aromatic rings. The Balaban J connectivity index is 1.81. The molecular weight excluding hydrogens is 270 g/mol. The van der Waals surface area contributed by atoms with E-state index >= 15 is 0 Å². The third-order valence-electron chi connectivity index (χ3n) is 3.68. The van der Waals surface area contributed by atoms with Crippen LogP contribution in [0.4, 0.5) is 5.69 Å². The van der Waals surface area contributed by atoms with E-state index in [4.69, 9.17) is 0 Å². The summed E-state index contributed by atoms with van der Waals surface area (Å²) in [5.74, 6) is 0.00445. The number of rotatable bonds is 4. The number of anilines is 1. The number of nitriles is 1. The van der Waals surface area contributed by atoms with Gasteiger partial charge >= 0.3 is 0 Å². The van der Waals surface area contributed by atoms with Gasteiger partial charge in [0.25, 0.3) is 0 Å². The van der Waals surface area contributed by atoms with Crippen LogP contribution < -0.4 is 5.32 Å². The van der Waals surface area contributed by atoms with E-state index < -0.39 is 0 Å². The van der Waals surface area contributed by atoms with Crippen molar-refractivity contribution in [3.05, 3.63) is 30.3 Å². The first kappa shape index (κ1) is 14.9. The molecule has 1 aliphatic heterocycles. The van der Waals surface area contributed by atoms with E-state index in [2.05, 4.69) is 16.3 Å². The lowest BCUT2D eigenvalue weighted by Crippen LogP contribution is -2.44. The zero-order valence-electron chi connectivity index (χ0n) is 11.6. The first-order valence-electron chi connectivity index (χ1n) is 6.71. The van der Waals surface area contributed by atoms with Crippen LogP contribution in [-0.2, 0) is 4.79 Å². The Labute approximate surface area is 124 Å². The lowest BCUT2D eigenvalue weighted by atomic mass is 9.97. The van der Waals surface area contributed by atoms with Gasteiger partial charge in [-0.1, -0.05) is 18.2 Å². The van der Waals surface area contributed by atoms with Crippen molar-refractivity contribution in [2.45, 2.75) is 17.6 Å². The summed E-state index contributed by atoms with van der Waals surface area (Å²) >= 11 is 1.63. The van der Waals surface area contributed by atoms with Gasteiger partial charge in [-0.15, -0.1) is 11.8 Å². The molecule has 0 saturated carbocycles. The van der Waals surface area contributed by atoms with E-state index in [9.17, 15) is 10.1 Å². The fourth-order valence-corrected chi connectivity index (χ4v) is 3.04. The van der Waals surface area contributed by atoms with Crippen molar-refractivity contribution >= 4 is 23.4 Å². The van der Waals surface area contributed by atoms with Crippen LogP contribution in [0.15, 0.2) is 30.3 Å². The summed E-state index contributed by atoms with van der Waals surface area (Å²) < 4.78 is -0.258. The van der Waals surface area contributed by atoms with Crippen molar-refractivity contribution in [3.63, 3.8) is 0 Å². The maximum absolute atomic E-state index is 12.0. The fourth-order valence-electron chi connectivity index (χ4n) is 2.36. The van der Waals surface area contributed by atoms with E-state index in [1.165, 1.54) is 0 Å². The predicted octanol–water partition coefficient (Wildman–Crippen LogP) is 2.35. The Morgan fingerprint density at radius 1 is 1.40 bits per heavy atom.